The molecule has 6 heteroatoms. The molecule has 1 aromatic heterocycles. The highest BCUT2D eigenvalue weighted by atomic mass is 16.2. The van der Waals surface area contributed by atoms with E-state index in [1.54, 1.807) is 6.07 Å². The molecule has 0 radical (unpaired) electrons. The molecule has 2 aliphatic heterocycles. The molecule has 2 aromatic rings. The summed E-state index contributed by atoms with van der Waals surface area (Å²) in [5, 5.41) is 3.27. The number of piperidine rings is 1. The molecule has 0 unspecified atom stereocenters. The Labute approximate surface area is 173 Å². The van der Waals surface area contributed by atoms with Crippen LogP contribution in [0.3, 0.4) is 0 Å². The van der Waals surface area contributed by atoms with Crippen LogP contribution in [-0.2, 0) is 0 Å². The van der Waals surface area contributed by atoms with Crippen LogP contribution in [-0.4, -0.2) is 47.0 Å². The quantitative estimate of drug-likeness (QED) is 0.827. The number of hydrogen-bond acceptors (Lipinski definition) is 5. The standard InChI is InChI=1S/C23H31N5O/c1-18-17-21(22(29)28-15-5-2-3-6-16-28)26-23(24-18)25-19-9-11-20(12-10-19)27-13-7-4-8-14-27/h9-12,17H,2-8,13-16H2,1H3,(H,24,25,26). The molecular weight excluding hydrogens is 362 g/mol. The number of benzene rings is 1. The zero-order valence-electron chi connectivity index (χ0n) is 17.4. The zero-order chi connectivity index (χ0) is 20.1. The third-order valence-electron chi connectivity index (χ3n) is 5.81. The zero-order valence-corrected chi connectivity index (χ0v) is 17.4. The van der Waals surface area contributed by atoms with E-state index in [-0.39, 0.29) is 5.91 Å². The second-order valence-corrected chi connectivity index (χ2v) is 8.14. The summed E-state index contributed by atoms with van der Waals surface area (Å²) >= 11 is 0. The van der Waals surface area contributed by atoms with Gasteiger partial charge in [-0.25, -0.2) is 9.97 Å². The Bertz CT molecular complexity index is 822. The molecule has 154 valence electrons. The maximum atomic E-state index is 12.9. The smallest absolute Gasteiger partial charge is 0.272 e. The lowest BCUT2D eigenvalue weighted by Gasteiger charge is -2.28. The SMILES string of the molecule is Cc1cc(C(=O)N2CCCCCC2)nc(Nc2ccc(N3CCCCC3)cc2)n1. The number of nitrogens with zero attached hydrogens (tertiary/aromatic N) is 4. The maximum Gasteiger partial charge on any atom is 0.272 e. The maximum absolute atomic E-state index is 12.9. The molecule has 2 fully saturated rings. The van der Waals surface area contributed by atoms with Crippen molar-refractivity contribution < 1.29 is 4.79 Å². The second-order valence-electron chi connectivity index (χ2n) is 8.14. The van der Waals surface area contributed by atoms with Crippen LogP contribution in [0.25, 0.3) is 0 Å². The first-order valence-electron chi connectivity index (χ1n) is 11.0. The summed E-state index contributed by atoms with van der Waals surface area (Å²) in [6.07, 6.45) is 8.42. The first-order chi connectivity index (χ1) is 14.2. The van der Waals surface area contributed by atoms with Gasteiger partial charge in [0, 0.05) is 43.2 Å². The van der Waals surface area contributed by atoms with E-state index in [0.717, 1.165) is 50.4 Å². The highest BCUT2D eigenvalue weighted by Gasteiger charge is 2.20. The summed E-state index contributed by atoms with van der Waals surface area (Å²) < 4.78 is 0. The molecule has 3 heterocycles. The molecule has 1 N–H and O–H groups in total. The van der Waals surface area contributed by atoms with E-state index in [1.807, 2.05) is 11.8 Å². The molecule has 29 heavy (non-hydrogen) atoms. The Morgan fingerprint density at radius 1 is 0.862 bits per heavy atom. The number of hydrogen-bond donors (Lipinski definition) is 1. The highest BCUT2D eigenvalue weighted by molar-refractivity contribution is 5.92. The van der Waals surface area contributed by atoms with Gasteiger partial charge < -0.3 is 15.1 Å². The number of carbonyl (C=O) groups excluding carboxylic acids is 1. The number of anilines is 3. The van der Waals surface area contributed by atoms with Crippen molar-refractivity contribution in [1.29, 1.82) is 0 Å². The van der Waals surface area contributed by atoms with Crippen molar-refractivity contribution in [2.45, 2.75) is 51.9 Å². The van der Waals surface area contributed by atoms with Crippen molar-refractivity contribution in [2.24, 2.45) is 0 Å². The number of aryl methyl sites for hydroxylation is 1. The summed E-state index contributed by atoms with van der Waals surface area (Å²) in [6, 6.07) is 10.2. The molecule has 0 spiro atoms. The van der Waals surface area contributed by atoms with Gasteiger partial charge in [0.25, 0.3) is 5.91 Å². The van der Waals surface area contributed by atoms with Gasteiger partial charge in [-0.15, -0.1) is 0 Å². The van der Waals surface area contributed by atoms with Crippen LogP contribution in [0, 0.1) is 6.92 Å². The van der Waals surface area contributed by atoms with Gasteiger partial charge in [-0.1, -0.05) is 12.8 Å². The fraction of sp³-hybridized carbons (Fsp3) is 0.522. The van der Waals surface area contributed by atoms with Crippen LogP contribution in [0.15, 0.2) is 30.3 Å². The first kappa shape index (κ1) is 19.7. The van der Waals surface area contributed by atoms with Gasteiger partial charge in [0.1, 0.15) is 5.69 Å². The lowest BCUT2D eigenvalue weighted by molar-refractivity contribution is 0.0755. The predicted octanol–water partition coefficient (Wildman–Crippen LogP) is 4.54. The number of rotatable bonds is 4. The number of nitrogens with one attached hydrogen (secondary N) is 1. The summed E-state index contributed by atoms with van der Waals surface area (Å²) in [4.78, 5) is 26.3. The molecule has 1 amide bonds. The topological polar surface area (TPSA) is 61.4 Å². The number of amides is 1. The molecule has 0 aliphatic carbocycles. The molecule has 2 saturated heterocycles. The third kappa shape index (κ3) is 5.05. The molecular formula is C23H31N5O. The molecule has 0 atom stereocenters. The van der Waals surface area contributed by atoms with Crippen molar-refractivity contribution in [3.63, 3.8) is 0 Å². The Hall–Kier alpha value is -2.63. The average Bonchev–Trinajstić information content (AvgIpc) is 3.03. The Kier molecular flexibility index (Phi) is 6.27. The van der Waals surface area contributed by atoms with Crippen LogP contribution in [0.1, 0.15) is 61.1 Å². The van der Waals surface area contributed by atoms with Gasteiger partial charge in [0.15, 0.2) is 0 Å². The summed E-state index contributed by atoms with van der Waals surface area (Å²) in [5.41, 5.74) is 3.47. The minimum absolute atomic E-state index is 0.0147. The molecule has 1 aromatic carbocycles. The van der Waals surface area contributed by atoms with Gasteiger partial charge in [0.2, 0.25) is 5.95 Å². The van der Waals surface area contributed by atoms with Crippen molar-refractivity contribution >= 4 is 23.2 Å². The molecule has 0 bridgehead atoms. The number of aromatic nitrogens is 2. The lowest BCUT2D eigenvalue weighted by Crippen LogP contribution is -2.32. The van der Waals surface area contributed by atoms with Crippen molar-refractivity contribution in [3.05, 3.63) is 41.7 Å². The fourth-order valence-electron chi connectivity index (χ4n) is 4.21. The van der Waals surface area contributed by atoms with Gasteiger partial charge in [0.05, 0.1) is 0 Å². The van der Waals surface area contributed by atoms with E-state index in [2.05, 4.69) is 44.5 Å². The Morgan fingerprint density at radius 3 is 2.17 bits per heavy atom. The number of carbonyl (C=O) groups is 1. The average molecular weight is 394 g/mol. The predicted molar refractivity (Wildman–Crippen MR) is 117 cm³/mol. The van der Waals surface area contributed by atoms with Crippen molar-refractivity contribution in [3.8, 4) is 0 Å². The van der Waals surface area contributed by atoms with E-state index < -0.39 is 0 Å². The molecule has 6 nitrogen and oxygen atoms in total. The summed E-state index contributed by atoms with van der Waals surface area (Å²) in [6.45, 7) is 5.82. The van der Waals surface area contributed by atoms with Gasteiger partial charge in [-0.3, -0.25) is 4.79 Å². The second kappa shape index (κ2) is 9.25. The van der Waals surface area contributed by atoms with E-state index in [1.165, 1.54) is 37.8 Å². The van der Waals surface area contributed by atoms with Crippen LogP contribution < -0.4 is 10.2 Å². The lowest BCUT2D eigenvalue weighted by atomic mass is 10.1. The Balaban J connectivity index is 1.46. The Morgan fingerprint density at radius 2 is 1.48 bits per heavy atom. The van der Waals surface area contributed by atoms with Crippen LogP contribution in [0.2, 0.25) is 0 Å². The van der Waals surface area contributed by atoms with Crippen LogP contribution in [0.5, 0.6) is 0 Å². The van der Waals surface area contributed by atoms with Crippen molar-refractivity contribution in [1.82, 2.24) is 14.9 Å². The van der Waals surface area contributed by atoms with Crippen LogP contribution in [0.4, 0.5) is 17.3 Å². The first-order valence-corrected chi connectivity index (χ1v) is 11.0. The number of likely N-dealkylation sites (tertiary alicyclic amines) is 1. The van der Waals surface area contributed by atoms with Gasteiger partial charge in [-0.2, -0.15) is 0 Å². The van der Waals surface area contributed by atoms with E-state index in [0.29, 0.717) is 11.6 Å². The monoisotopic (exact) mass is 393 g/mol. The summed E-state index contributed by atoms with van der Waals surface area (Å²) in [5.74, 6) is 0.495. The molecule has 4 rings (SSSR count). The third-order valence-corrected chi connectivity index (χ3v) is 5.81. The molecule has 2 aliphatic rings. The van der Waals surface area contributed by atoms with E-state index in [4.69, 9.17) is 0 Å². The fourth-order valence-corrected chi connectivity index (χ4v) is 4.21. The normalized spacial score (nSPS) is 17.7. The van der Waals surface area contributed by atoms with Crippen molar-refractivity contribution in [2.75, 3.05) is 36.4 Å². The summed E-state index contributed by atoms with van der Waals surface area (Å²) in [7, 11) is 0. The van der Waals surface area contributed by atoms with Gasteiger partial charge in [-0.05, 0) is 69.4 Å². The van der Waals surface area contributed by atoms with E-state index in [9.17, 15) is 4.79 Å². The van der Waals surface area contributed by atoms with Crippen LogP contribution >= 0.6 is 0 Å². The largest absolute Gasteiger partial charge is 0.372 e. The molecule has 0 saturated carbocycles. The van der Waals surface area contributed by atoms with E-state index >= 15 is 0 Å². The minimum atomic E-state index is 0.0147. The van der Waals surface area contributed by atoms with Gasteiger partial charge >= 0.3 is 0 Å². The highest BCUT2D eigenvalue weighted by Crippen LogP contribution is 2.23. The minimum Gasteiger partial charge on any atom is -0.372 e.